The van der Waals surface area contributed by atoms with Gasteiger partial charge < -0.3 is 0 Å². The quantitative estimate of drug-likeness (QED) is 0.126. The third-order valence-electron chi connectivity index (χ3n) is 12.8. The minimum atomic E-state index is 0.666. The summed E-state index contributed by atoms with van der Waals surface area (Å²) >= 11 is 0. The van der Waals surface area contributed by atoms with Crippen molar-refractivity contribution in [1.29, 1.82) is 0 Å². The van der Waals surface area contributed by atoms with E-state index in [9.17, 15) is 0 Å². The summed E-state index contributed by atoms with van der Waals surface area (Å²) < 4.78 is 0. The highest BCUT2D eigenvalue weighted by Crippen LogP contribution is 2.45. The molecule has 338 valence electrons. The van der Waals surface area contributed by atoms with Gasteiger partial charge >= 0.3 is 0 Å². The molecule has 0 bridgehead atoms. The maximum atomic E-state index is 4.88. The molecule has 0 aliphatic rings. The first-order valence-electron chi connectivity index (χ1n) is 23.7. The number of benzene rings is 8. The van der Waals surface area contributed by atoms with Crippen LogP contribution in [0.3, 0.4) is 0 Å². The molecule has 0 saturated heterocycles. The Morgan fingerprint density at radius 2 is 0.389 bits per heavy atom. The van der Waals surface area contributed by atoms with Crippen molar-refractivity contribution in [2.75, 3.05) is 0 Å². The molecule has 0 radical (unpaired) electrons. The zero-order valence-corrected chi connectivity index (χ0v) is 38.8. The maximum Gasteiger partial charge on any atom is 0.159 e. The highest BCUT2D eigenvalue weighted by Gasteiger charge is 2.20. The van der Waals surface area contributed by atoms with E-state index in [-0.39, 0.29) is 0 Å². The highest BCUT2D eigenvalue weighted by molar-refractivity contribution is 5.99. The van der Waals surface area contributed by atoms with Crippen molar-refractivity contribution in [2.45, 2.75) is 0 Å². The van der Waals surface area contributed by atoms with Crippen LogP contribution < -0.4 is 0 Å². The zero-order chi connectivity index (χ0) is 48.1. The van der Waals surface area contributed by atoms with E-state index in [1.165, 1.54) is 0 Å². The van der Waals surface area contributed by atoms with Crippen molar-refractivity contribution < 1.29 is 0 Å². The zero-order valence-electron chi connectivity index (χ0n) is 38.8. The Labute approximate surface area is 417 Å². The van der Waals surface area contributed by atoms with Gasteiger partial charge in [0, 0.05) is 94.1 Å². The van der Waals surface area contributed by atoms with Gasteiger partial charge in [0.15, 0.2) is 23.3 Å². The molecule has 12 aromatic rings. The van der Waals surface area contributed by atoms with Crippen molar-refractivity contribution in [3.05, 3.63) is 256 Å². The molecule has 0 fully saturated rings. The van der Waals surface area contributed by atoms with Crippen LogP contribution in [0.15, 0.2) is 256 Å². The standard InChI is InChI=1S/C64H42N8/c1-5-17-43(18-6-1)61-65-35-49(36-66-61)47-29-31-53(51-39-69-63(70-40-51)45-21-9-3-10-22-45)59(33-47)57-27-15-13-25-55(57)56-26-14-16-28-58(56)60-34-48(50-37-67-62(68-38-50)44-19-7-2-8-20-44)30-32-54(60)52-41-71-64(72-42-52)46-23-11-4-12-24-46/h1-42H. The fourth-order valence-corrected chi connectivity index (χ4v) is 9.14. The van der Waals surface area contributed by atoms with E-state index in [1.54, 1.807) is 0 Å². The van der Waals surface area contributed by atoms with E-state index in [1.807, 2.05) is 171 Å². The molecule has 72 heavy (non-hydrogen) atoms. The van der Waals surface area contributed by atoms with Crippen LogP contribution in [0.5, 0.6) is 0 Å². The van der Waals surface area contributed by atoms with Gasteiger partial charge in [0.1, 0.15) is 0 Å². The molecule has 0 amide bonds. The van der Waals surface area contributed by atoms with E-state index >= 15 is 0 Å². The third-order valence-corrected chi connectivity index (χ3v) is 12.8. The van der Waals surface area contributed by atoms with E-state index in [4.69, 9.17) is 39.9 Å². The van der Waals surface area contributed by atoms with Crippen LogP contribution in [0.25, 0.3) is 123 Å². The summed E-state index contributed by atoms with van der Waals surface area (Å²) in [6, 6.07) is 70.4. The van der Waals surface area contributed by atoms with Crippen molar-refractivity contribution in [3.63, 3.8) is 0 Å². The summed E-state index contributed by atoms with van der Waals surface area (Å²) in [5, 5.41) is 0. The summed E-state index contributed by atoms with van der Waals surface area (Å²) in [7, 11) is 0. The fraction of sp³-hybridized carbons (Fsp3) is 0. The molecule has 12 rings (SSSR count). The van der Waals surface area contributed by atoms with Crippen LogP contribution in [0.2, 0.25) is 0 Å². The van der Waals surface area contributed by atoms with Crippen LogP contribution in [0.4, 0.5) is 0 Å². The molecule has 8 aromatic carbocycles. The summed E-state index contributed by atoms with van der Waals surface area (Å²) in [5.41, 5.74) is 17.6. The smallest absolute Gasteiger partial charge is 0.159 e. The third kappa shape index (κ3) is 8.83. The monoisotopic (exact) mass is 922 g/mol. The second-order valence-corrected chi connectivity index (χ2v) is 17.3. The van der Waals surface area contributed by atoms with E-state index in [0.717, 1.165) is 100 Å². The molecule has 0 spiro atoms. The van der Waals surface area contributed by atoms with Gasteiger partial charge in [-0.25, -0.2) is 39.9 Å². The Morgan fingerprint density at radius 3 is 0.667 bits per heavy atom. The average molecular weight is 923 g/mol. The van der Waals surface area contributed by atoms with Crippen LogP contribution in [0, 0.1) is 0 Å². The van der Waals surface area contributed by atoms with Gasteiger partial charge in [0.25, 0.3) is 0 Å². The number of nitrogens with zero attached hydrogens (tertiary/aromatic N) is 8. The van der Waals surface area contributed by atoms with E-state index < -0.39 is 0 Å². The van der Waals surface area contributed by atoms with Gasteiger partial charge in [-0.3, -0.25) is 0 Å². The Morgan fingerprint density at radius 1 is 0.153 bits per heavy atom. The fourth-order valence-electron chi connectivity index (χ4n) is 9.14. The van der Waals surface area contributed by atoms with Crippen molar-refractivity contribution in [1.82, 2.24) is 39.9 Å². The maximum absolute atomic E-state index is 4.88. The van der Waals surface area contributed by atoms with Crippen molar-refractivity contribution >= 4 is 0 Å². The summed E-state index contributed by atoms with van der Waals surface area (Å²) in [5.74, 6) is 2.68. The highest BCUT2D eigenvalue weighted by atomic mass is 14.9. The molecule has 0 saturated carbocycles. The van der Waals surface area contributed by atoms with Crippen LogP contribution in [-0.2, 0) is 0 Å². The molecule has 4 heterocycles. The first-order chi connectivity index (χ1) is 35.7. The molecule has 4 aromatic heterocycles. The molecule has 0 unspecified atom stereocenters. The van der Waals surface area contributed by atoms with Crippen molar-refractivity contribution in [3.8, 4) is 123 Å². The predicted octanol–water partition coefficient (Wildman–Crippen LogP) is 15.2. The minimum Gasteiger partial charge on any atom is -0.236 e. The SMILES string of the molecule is c1ccc(-c2ncc(-c3ccc(-c4cnc(-c5ccccc5)nc4)c(-c4ccccc4-c4ccccc4-c4cc(-c5cnc(-c6ccccc6)nc5)ccc4-c4cnc(-c5ccccc5)nc4)c3)cn2)cc1. The number of rotatable bonds is 11. The van der Waals surface area contributed by atoms with Gasteiger partial charge in [-0.2, -0.15) is 0 Å². The van der Waals surface area contributed by atoms with Gasteiger partial charge in [0.2, 0.25) is 0 Å². The molecule has 8 heteroatoms. The number of aromatic nitrogens is 8. The summed E-state index contributed by atoms with van der Waals surface area (Å²) in [6.07, 6.45) is 15.3. The lowest BCUT2D eigenvalue weighted by atomic mass is 9.84. The largest absolute Gasteiger partial charge is 0.236 e. The van der Waals surface area contributed by atoms with Crippen LogP contribution in [-0.4, -0.2) is 39.9 Å². The lowest BCUT2D eigenvalue weighted by molar-refractivity contribution is 1.18. The molecular weight excluding hydrogens is 881 g/mol. The first-order valence-corrected chi connectivity index (χ1v) is 23.7. The average Bonchev–Trinajstić information content (AvgIpc) is 3.48. The van der Waals surface area contributed by atoms with Gasteiger partial charge in [-0.15, -0.1) is 0 Å². The molecule has 0 atom stereocenters. The second-order valence-electron chi connectivity index (χ2n) is 17.3. The van der Waals surface area contributed by atoms with Gasteiger partial charge in [0.05, 0.1) is 0 Å². The number of hydrogen-bond donors (Lipinski definition) is 0. The molecule has 0 N–H and O–H groups in total. The van der Waals surface area contributed by atoms with Crippen LogP contribution >= 0.6 is 0 Å². The molecule has 0 aliphatic heterocycles. The topological polar surface area (TPSA) is 103 Å². The molecule has 0 aliphatic carbocycles. The molecular formula is C64H42N8. The van der Waals surface area contributed by atoms with Crippen molar-refractivity contribution in [2.24, 2.45) is 0 Å². The molecule has 8 nitrogen and oxygen atoms in total. The van der Waals surface area contributed by atoms with Gasteiger partial charge in [-0.05, 0) is 67.8 Å². The Bertz CT molecular complexity index is 3540. The van der Waals surface area contributed by atoms with E-state index in [2.05, 4.69) is 84.9 Å². The number of hydrogen-bond acceptors (Lipinski definition) is 8. The lowest BCUT2D eigenvalue weighted by Gasteiger charge is -2.20. The summed E-state index contributed by atoms with van der Waals surface area (Å²) in [6.45, 7) is 0. The Kier molecular flexibility index (Phi) is 11.8. The Hall–Kier alpha value is -9.92. The van der Waals surface area contributed by atoms with E-state index in [0.29, 0.717) is 23.3 Å². The lowest BCUT2D eigenvalue weighted by Crippen LogP contribution is -1.96. The summed E-state index contributed by atoms with van der Waals surface area (Å²) in [4.78, 5) is 38.7. The first kappa shape index (κ1) is 43.4. The normalized spacial score (nSPS) is 11.1. The predicted molar refractivity (Wildman–Crippen MR) is 289 cm³/mol. The van der Waals surface area contributed by atoms with Crippen LogP contribution in [0.1, 0.15) is 0 Å². The van der Waals surface area contributed by atoms with Gasteiger partial charge in [-0.1, -0.05) is 194 Å². The Balaban J connectivity index is 1.01. The minimum absolute atomic E-state index is 0.666. The second kappa shape index (κ2) is 19.6.